The van der Waals surface area contributed by atoms with E-state index in [1.54, 1.807) is 6.20 Å². The Kier molecular flexibility index (Phi) is 3.69. The predicted molar refractivity (Wildman–Crippen MR) is 82.7 cm³/mol. The van der Waals surface area contributed by atoms with Crippen LogP contribution < -0.4 is 5.32 Å². The summed E-state index contributed by atoms with van der Waals surface area (Å²) in [4.78, 5) is 8.58. The van der Waals surface area contributed by atoms with Crippen molar-refractivity contribution in [1.29, 1.82) is 0 Å². The second-order valence-corrected chi connectivity index (χ2v) is 5.42. The highest BCUT2D eigenvalue weighted by molar-refractivity contribution is 9.10. The fourth-order valence-corrected chi connectivity index (χ4v) is 2.41. The quantitative estimate of drug-likeness (QED) is 0.779. The van der Waals surface area contributed by atoms with Gasteiger partial charge in [-0.3, -0.25) is 4.98 Å². The Morgan fingerprint density at radius 3 is 2.95 bits per heavy atom. The first-order valence-electron chi connectivity index (χ1n) is 6.47. The van der Waals surface area contributed by atoms with Gasteiger partial charge >= 0.3 is 0 Å². The van der Waals surface area contributed by atoms with E-state index >= 15 is 0 Å². The minimum Gasteiger partial charge on any atom is -0.441 e. The molecule has 0 aliphatic carbocycles. The number of halogens is 1. The van der Waals surface area contributed by atoms with Crippen LogP contribution in [0.5, 0.6) is 0 Å². The molecule has 0 aliphatic heterocycles. The van der Waals surface area contributed by atoms with Crippen LogP contribution in [0.15, 0.2) is 45.5 Å². The third-order valence-electron chi connectivity index (χ3n) is 2.99. The summed E-state index contributed by atoms with van der Waals surface area (Å²) >= 11 is 3.42. The lowest BCUT2D eigenvalue weighted by atomic mass is 10.2. The molecule has 1 N–H and O–H groups in total. The van der Waals surface area contributed by atoms with Gasteiger partial charge in [0.15, 0.2) is 11.5 Å². The molecule has 0 spiro atoms. The Bertz CT molecular complexity index is 739. The van der Waals surface area contributed by atoms with Crippen LogP contribution in [0.25, 0.3) is 11.1 Å². The van der Waals surface area contributed by atoms with Crippen LogP contribution in [0.1, 0.15) is 18.4 Å². The average Bonchev–Trinajstić information content (AvgIpc) is 2.87. The highest BCUT2D eigenvalue weighted by atomic mass is 79.9. The molecular weight excluding hydrogens is 318 g/mol. The zero-order valence-corrected chi connectivity index (χ0v) is 12.6. The molecule has 1 aromatic carbocycles. The van der Waals surface area contributed by atoms with Crippen LogP contribution in [0.4, 0.5) is 5.69 Å². The van der Waals surface area contributed by atoms with Gasteiger partial charge in [0.25, 0.3) is 0 Å². The molecule has 0 atom stereocenters. The number of nitrogens with one attached hydrogen (secondary N) is 1. The number of oxazole rings is 1. The van der Waals surface area contributed by atoms with Gasteiger partial charge in [0.1, 0.15) is 5.52 Å². The van der Waals surface area contributed by atoms with E-state index in [1.807, 2.05) is 37.4 Å². The van der Waals surface area contributed by atoms with Crippen LogP contribution in [0.2, 0.25) is 0 Å². The molecule has 0 aliphatic rings. The first kappa shape index (κ1) is 13.1. The maximum Gasteiger partial charge on any atom is 0.195 e. The lowest BCUT2D eigenvalue weighted by Gasteiger charge is -2.06. The summed E-state index contributed by atoms with van der Waals surface area (Å²) in [5, 5.41) is 3.37. The number of anilines is 1. The number of nitrogens with zero attached hydrogens (tertiary/aromatic N) is 2. The van der Waals surface area contributed by atoms with Gasteiger partial charge in [-0.05, 0) is 45.8 Å². The number of aryl methyl sites for hydroxylation is 1. The minimum absolute atomic E-state index is 0.719. The van der Waals surface area contributed by atoms with Gasteiger partial charge in [-0.15, -0.1) is 0 Å². The zero-order valence-electron chi connectivity index (χ0n) is 11.1. The van der Waals surface area contributed by atoms with Gasteiger partial charge in [0.2, 0.25) is 0 Å². The van der Waals surface area contributed by atoms with E-state index in [4.69, 9.17) is 4.42 Å². The second kappa shape index (κ2) is 5.63. The third-order valence-corrected chi connectivity index (χ3v) is 3.43. The normalized spacial score (nSPS) is 10.9. The first-order chi connectivity index (χ1) is 9.74. The van der Waals surface area contributed by atoms with E-state index in [2.05, 4.69) is 31.2 Å². The number of aromatic nitrogens is 2. The number of pyridine rings is 1. The number of benzene rings is 1. The molecular formula is C15H14BrN3O. The minimum atomic E-state index is 0.719. The molecule has 0 bridgehead atoms. The summed E-state index contributed by atoms with van der Waals surface area (Å²) in [6, 6.07) is 7.99. The fraction of sp³-hybridized carbons (Fsp3) is 0.200. The van der Waals surface area contributed by atoms with Crippen molar-refractivity contribution in [2.24, 2.45) is 0 Å². The molecule has 102 valence electrons. The average molecular weight is 332 g/mol. The first-order valence-corrected chi connectivity index (χ1v) is 7.26. The van der Waals surface area contributed by atoms with Crippen molar-refractivity contribution in [1.82, 2.24) is 9.97 Å². The zero-order chi connectivity index (χ0) is 13.9. The Hall–Kier alpha value is -1.88. The summed E-state index contributed by atoms with van der Waals surface area (Å²) in [7, 11) is 0. The lowest BCUT2D eigenvalue weighted by molar-refractivity contribution is 0.538. The van der Waals surface area contributed by atoms with Crippen molar-refractivity contribution in [3.05, 3.63) is 52.6 Å². The molecule has 3 rings (SSSR count). The standard InChI is InChI=1S/C15H14BrN3O/c1-2-15-19-13-6-12(3-4-14(13)20-15)18-8-10-5-11(16)9-17-7-10/h3-7,9,18H,2,8H2,1H3. The summed E-state index contributed by atoms with van der Waals surface area (Å²) in [5.41, 5.74) is 3.86. The Morgan fingerprint density at radius 2 is 2.15 bits per heavy atom. The van der Waals surface area contributed by atoms with Crippen molar-refractivity contribution in [2.75, 3.05) is 5.32 Å². The van der Waals surface area contributed by atoms with Crippen LogP contribution in [-0.2, 0) is 13.0 Å². The molecule has 0 fully saturated rings. The molecule has 0 saturated carbocycles. The summed E-state index contributed by atoms with van der Waals surface area (Å²) < 4.78 is 6.58. The van der Waals surface area contributed by atoms with Crippen molar-refractivity contribution < 1.29 is 4.42 Å². The summed E-state index contributed by atoms with van der Waals surface area (Å²) in [6.07, 6.45) is 4.43. The lowest BCUT2D eigenvalue weighted by Crippen LogP contribution is -1.99. The van der Waals surface area contributed by atoms with Gasteiger partial charge < -0.3 is 9.73 Å². The Balaban J connectivity index is 1.77. The Morgan fingerprint density at radius 1 is 1.25 bits per heavy atom. The van der Waals surface area contributed by atoms with Crippen molar-refractivity contribution in [3.8, 4) is 0 Å². The van der Waals surface area contributed by atoms with Gasteiger partial charge in [-0.2, -0.15) is 0 Å². The summed E-state index contributed by atoms with van der Waals surface area (Å²) in [5.74, 6) is 0.772. The molecule has 3 aromatic rings. The van der Waals surface area contributed by atoms with Crippen LogP contribution in [0.3, 0.4) is 0 Å². The van der Waals surface area contributed by atoms with E-state index in [-0.39, 0.29) is 0 Å². The number of hydrogen-bond donors (Lipinski definition) is 1. The van der Waals surface area contributed by atoms with Crippen LogP contribution in [0, 0.1) is 0 Å². The number of fused-ring (bicyclic) bond motifs is 1. The van der Waals surface area contributed by atoms with Gasteiger partial charge in [0.05, 0.1) is 0 Å². The van der Waals surface area contributed by atoms with E-state index < -0.39 is 0 Å². The SMILES string of the molecule is CCc1nc2cc(NCc3cncc(Br)c3)ccc2o1. The van der Waals surface area contributed by atoms with E-state index in [1.165, 1.54) is 0 Å². The summed E-state index contributed by atoms with van der Waals surface area (Å²) in [6.45, 7) is 2.75. The highest BCUT2D eigenvalue weighted by Crippen LogP contribution is 2.21. The second-order valence-electron chi connectivity index (χ2n) is 4.51. The van der Waals surface area contributed by atoms with Crippen LogP contribution in [-0.4, -0.2) is 9.97 Å². The number of rotatable bonds is 4. The molecule has 0 radical (unpaired) electrons. The molecule has 0 amide bonds. The molecule has 2 heterocycles. The number of hydrogen-bond acceptors (Lipinski definition) is 4. The van der Waals surface area contributed by atoms with Crippen molar-refractivity contribution in [3.63, 3.8) is 0 Å². The molecule has 0 unspecified atom stereocenters. The Labute approximate surface area is 125 Å². The molecule has 4 nitrogen and oxygen atoms in total. The van der Waals surface area contributed by atoms with E-state index in [0.717, 1.165) is 45.7 Å². The topological polar surface area (TPSA) is 51.0 Å². The fourth-order valence-electron chi connectivity index (χ4n) is 1.99. The maximum absolute atomic E-state index is 5.60. The monoisotopic (exact) mass is 331 g/mol. The van der Waals surface area contributed by atoms with Gasteiger partial charge in [-0.1, -0.05) is 6.92 Å². The smallest absolute Gasteiger partial charge is 0.195 e. The molecule has 5 heteroatoms. The third kappa shape index (κ3) is 2.82. The van der Waals surface area contributed by atoms with Gasteiger partial charge in [0, 0.05) is 35.5 Å². The predicted octanol–water partition coefficient (Wildman–Crippen LogP) is 4.16. The van der Waals surface area contributed by atoms with Crippen molar-refractivity contribution in [2.45, 2.75) is 19.9 Å². The highest BCUT2D eigenvalue weighted by Gasteiger charge is 2.05. The largest absolute Gasteiger partial charge is 0.441 e. The maximum atomic E-state index is 5.60. The molecule has 0 saturated heterocycles. The van der Waals surface area contributed by atoms with Gasteiger partial charge in [-0.25, -0.2) is 4.98 Å². The van der Waals surface area contributed by atoms with Crippen molar-refractivity contribution >= 4 is 32.7 Å². The van der Waals surface area contributed by atoms with Crippen LogP contribution >= 0.6 is 15.9 Å². The molecule has 2 aromatic heterocycles. The molecule has 20 heavy (non-hydrogen) atoms. The van der Waals surface area contributed by atoms with E-state index in [0.29, 0.717) is 0 Å². The van der Waals surface area contributed by atoms with E-state index in [9.17, 15) is 0 Å².